The molecule has 0 N–H and O–H groups in total. The molecular formula is C11H12MoO4. The van der Waals surface area contributed by atoms with E-state index in [1.165, 1.54) is 0 Å². The Labute approximate surface area is 112 Å². The second-order valence-corrected chi connectivity index (χ2v) is 1.37. The zero-order valence-electron chi connectivity index (χ0n) is 9.06. The zero-order valence-corrected chi connectivity index (χ0v) is 11.1. The van der Waals surface area contributed by atoms with Crippen molar-refractivity contribution in [1.82, 2.24) is 0 Å². The van der Waals surface area contributed by atoms with Gasteiger partial charge >= 0.3 is 0 Å². The molecule has 0 unspecified atom stereocenters. The second kappa shape index (κ2) is 154. The van der Waals surface area contributed by atoms with Gasteiger partial charge in [-0.15, -0.1) is 0 Å². The molecule has 0 aliphatic carbocycles. The summed E-state index contributed by atoms with van der Waals surface area (Å²) in [4.78, 5) is 30.0. The summed E-state index contributed by atoms with van der Waals surface area (Å²) in [7, 11) is 0. The van der Waals surface area contributed by atoms with E-state index in [1.54, 1.807) is 0 Å². The summed E-state index contributed by atoms with van der Waals surface area (Å²) in [5.74, 6) is 0. The van der Waals surface area contributed by atoms with Crippen LogP contribution in [-0.4, -0.2) is 27.2 Å². The third-order valence-corrected chi connectivity index (χ3v) is 0.744. The molecule has 16 heavy (non-hydrogen) atoms. The predicted octanol–water partition coefficient (Wildman–Crippen LogP) is 0.938. The van der Waals surface area contributed by atoms with Gasteiger partial charge in [-0.2, -0.15) is 0 Å². The molecule has 4 nitrogen and oxygen atoms in total. The average Bonchev–Trinajstić information content (AvgIpc) is 2.40. The SMILES string of the molecule is CC=CCC=CC.[C]=O.[C]=O.[C]=O.[C]=O.[Mo]. The summed E-state index contributed by atoms with van der Waals surface area (Å²) < 4.78 is 0. The second-order valence-electron chi connectivity index (χ2n) is 1.37. The molecule has 8 radical (unpaired) electrons. The van der Waals surface area contributed by atoms with E-state index in [-0.39, 0.29) is 21.1 Å². The molecular weight excluding hydrogens is 292 g/mol. The first kappa shape index (κ1) is 36.4. The molecule has 0 saturated heterocycles. The maximum Gasteiger partial charge on any atom is 0.281 e. The normalized spacial score (nSPS) is 6.12. The molecule has 0 saturated carbocycles. The molecule has 0 aromatic heterocycles. The van der Waals surface area contributed by atoms with Crippen LogP contribution in [0.1, 0.15) is 20.3 Å². The molecule has 86 valence electrons. The minimum atomic E-state index is 0. The van der Waals surface area contributed by atoms with E-state index >= 15 is 0 Å². The number of rotatable bonds is 2. The van der Waals surface area contributed by atoms with Gasteiger partial charge in [-0.1, -0.05) is 24.3 Å². The molecule has 0 atom stereocenters. The molecule has 0 rings (SSSR count). The van der Waals surface area contributed by atoms with Crippen molar-refractivity contribution in [2.45, 2.75) is 20.3 Å². The summed E-state index contributed by atoms with van der Waals surface area (Å²) in [5, 5.41) is 0. The van der Waals surface area contributed by atoms with Crippen molar-refractivity contribution in [1.29, 1.82) is 0 Å². The molecule has 0 heterocycles. The van der Waals surface area contributed by atoms with Crippen molar-refractivity contribution in [3.63, 3.8) is 0 Å². The Morgan fingerprint density at radius 3 is 1.00 bits per heavy atom. The Morgan fingerprint density at radius 2 is 0.875 bits per heavy atom. The van der Waals surface area contributed by atoms with E-state index in [0.717, 1.165) is 6.42 Å². The zero-order chi connectivity index (χ0) is 13.5. The van der Waals surface area contributed by atoms with Gasteiger partial charge in [0.15, 0.2) is 0 Å². The Kier molecular flexibility index (Phi) is 351. The molecule has 0 aromatic rings. The van der Waals surface area contributed by atoms with E-state index in [2.05, 4.69) is 51.5 Å². The first-order valence-electron chi connectivity index (χ1n) is 3.45. The molecule has 0 bridgehead atoms. The number of carbonyl (C=O) groups excluding carboxylic acids is 4. The van der Waals surface area contributed by atoms with Gasteiger partial charge in [-0.25, -0.2) is 0 Å². The Morgan fingerprint density at radius 1 is 0.688 bits per heavy atom. The van der Waals surface area contributed by atoms with Gasteiger partial charge in [0.25, 0.3) is 27.2 Å². The molecule has 0 aliphatic rings. The largest absolute Gasteiger partial charge is 0.281 e. The number of hydrogen-bond donors (Lipinski definition) is 0. The Bertz CT molecular complexity index is 109. The van der Waals surface area contributed by atoms with E-state index in [0.29, 0.717) is 0 Å². The Balaban J connectivity index is -0.0000000238. The van der Waals surface area contributed by atoms with Gasteiger partial charge in [0.1, 0.15) is 0 Å². The van der Waals surface area contributed by atoms with Gasteiger partial charge in [0, 0.05) is 21.1 Å². The maximum absolute atomic E-state index is 7.50. The fourth-order valence-electron chi connectivity index (χ4n) is 0.351. The van der Waals surface area contributed by atoms with Gasteiger partial charge < -0.3 is 0 Å². The maximum atomic E-state index is 7.50. The van der Waals surface area contributed by atoms with Crippen LogP contribution >= 0.6 is 0 Å². The molecule has 0 amide bonds. The molecule has 0 spiro atoms. The molecule has 5 heteroatoms. The van der Waals surface area contributed by atoms with Crippen molar-refractivity contribution >= 4 is 27.2 Å². The fraction of sp³-hybridized carbons (Fsp3) is 0.273. The van der Waals surface area contributed by atoms with Crippen LogP contribution in [0.25, 0.3) is 0 Å². The van der Waals surface area contributed by atoms with Crippen LogP contribution in [0.4, 0.5) is 0 Å². The van der Waals surface area contributed by atoms with Crippen molar-refractivity contribution < 1.29 is 40.2 Å². The summed E-state index contributed by atoms with van der Waals surface area (Å²) >= 11 is 0. The quantitative estimate of drug-likeness (QED) is 0.562. The van der Waals surface area contributed by atoms with E-state index in [1.807, 2.05) is 13.8 Å². The standard InChI is InChI=1S/C7H12.4CO.Mo/c1-3-5-7-6-4-2;4*1-2;/h3-6H,7H2,1-2H3;;;;;. The average molecular weight is 304 g/mol. The van der Waals surface area contributed by atoms with Crippen LogP contribution in [0.5, 0.6) is 0 Å². The summed E-state index contributed by atoms with van der Waals surface area (Å²) in [5.41, 5.74) is 0. The molecule has 0 aliphatic heterocycles. The van der Waals surface area contributed by atoms with Crippen molar-refractivity contribution in [3.05, 3.63) is 24.3 Å². The fourth-order valence-corrected chi connectivity index (χ4v) is 0.351. The monoisotopic (exact) mass is 306 g/mol. The topological polar surface area (TPSA) is 68.3 Å². The van der Waals surface area contributed by atoms with Crippen LogP contribution in [0.15, 0.2) is 24.3 Å². The van der Waals surface area contributed by atoms with Crippen molar-refractivity contribution in [2.24, 2.45) is 0 Å². The molecule has 0 aromatic carbocycles. The van der Waals surface area contributed by atoms with Gasteiger partial charge in [0.05, 0.1) is 0 Å². The summed E-state index contributed by atoms with van der Waals surface area (Å²) in [6.45, 7) is 22.1. The van der Waals surface area contributed by atoms with E-state index in [9.17, 15) is 0 Å². The van der Waals surface area contributed by atoms with Crippen LogP contribution in [0, 0.1) is 0 Å². The number of allylic oxidation sites excluding steroid dienone is 4. The Hall–Kier alpha value is -1.15. The van der Waals surface area contributed by atoms with Crippen LogP contribution in [0.3, 0.4) is 0 Å². The van der Waals surface area contributed by atoms with Gasteiger partial charge in [-0.05, 0) is 20.3 Å². The minimum Gasteiger partial charge on any atom is -0.281 e. The summed E-state index contributed by atoms with van der Waals surface area (Å²) in [6.07, 6.45) is 9.44. The molecule has 0 fully saturated rings. The van der Waals surface area contributed by atoms with Crippen molar-refractivity contribution in [3.8, 4) is 0 Å². The third-order valence-electron chi connectivity index (χ3n) is 0.744. The van der Waals surface area contributed by atoms with Gasteiger partial charge in [-0.3, -0.25) is 19.2 Å². The first-order chi connectivity index (χ1) is 7.41. The van der Waals surface area contributed by atoms with E-state index in [4.69, 9.17) is 19.2 Å². The smallest absolute Gasteiger partial charge is 0.281 e. The van der Waals surface area contributed by atoms with Crippen LogP contribution in [0.2, 0.25) is 0 Å². The van der Waals surface area contributed by atoms with Crippen molar-refractivity contribution in [2.75, 3.05) is 0 Å². The number of hydrogen-bond acceptors (Lipinski definition) is 4. The van der Waals surface area contributed by atoms with Crippen LogP contribution < -0.4 is 0 Å². The predicted molar refractivity (Wildman–Crippen MR) is 57.0 cm³/mol. The van der Waals surface area contributed by atoms with E-state index < -0.39 is 0 Å². The minimum absolute atomic E-state index is 0. The first-order valence-corrected chi connectivity index (χ1v) is 3.45. The third kappa shape index (κ3) is 222. The van der Waals surface area contributed by atoms with Gasteiger partial charge in [0.2, 0.25) is 0 Å². The van der Waals surface area contributed by atoms with Crippen LogP contribution in [-0.2, 0) is 40.2 Å². The summed E-state index contributed by atoms with van der Waals surface area (Å²) in [6, 6.07) is 0.